The first-order valence-corrected chi connectivity index (χ1v) is 7.55. The molecule has 1 atom stereocenters. The standard InChI is InChI=1S/C19H28O/c1-15(8-6-9-16(2)14-20)11-12-18-17(3)10-7-13-19(18,4)5/h6,8-9,11-12,14,16H,7,10,13H2,1-5H3/b9-6?,12-11+,15-8+. The van der Waals surface area contributed by atoms with E-state index in [9.17, 15) is 4.79 Å². The SMILES string of the molecule is CC1=C(/C=C/C(C)=C/C=CC(C)C=O)C(C)(C)CCC1. The van der Waals surface area contributed by atoms with Crippen molar-refractivity contribution in [3.63, 3.8) is 0 Å². The summed E-state index contributed by atoms with van der Waals surface area (Å²) in [6.07, 6.45) is 15.1. The molecule has 0 saturated heterocycles. The van der Waals surface area contributed by atoms with E-state index < -0.39 is 0 Å². The van der Waals surface area contributed by atoms with Crippen LogP contribution in [0.4, 0.5) is 0 Å². The molecule has 1 nitrogen and oxygen atoms in total. The van der Waals surface area contributed by atoms with E-state index in [1.807, 2.05) is 19.1 Å². The van der Waals surface area contributed by atoms with Gasteiger partial charge in [0.25, 0.3) is 0 Å². The minimum atomic E-state index is -0.00902. The van der Waals surface area contributed by atoms with E-state index in [2.05, 4.69) is 45.9 Å². The number of hydrogen-bond acceptors (Lipinski definition) is 1. The van der Waals surface area contributed by atoms with Crippen molar-refractivity contribution in [2.75, 3.05) is 0 Å². The van der Waals surface area contributed by atoms with Gasteiger partial charge in [0.05, 0.1) is 0 Å². The van der Waals surface area contributed by atoms with Gasteiger partial charge in [-0.05, 0) is 44.1 Å². The lowest BCUT2D eigenvalue weighted by Gasteiger charge is -2.32. The lowest BCUT2D eigenvalue weighted by molar-refractivity contribution is -0.109. The summed E-state index contributed by atoms with van der Waals surface area (Å²) in [4.78, 5) is 10.5. The molecule has 0 aromatic rings. The third kappa shape index (κ3) is 4.96. The van der Waals surface area contributed by atoms with Gasteiger partial charge in [-0.25, -0.2) is 0 Å². The zero-order valence-electron chi connectivity index (χ0n) is 13.6. The third-order valence-electron chi connectivity index (χ3n) is 4.04. The molecule has 20 heavy (non-hydrogen) atoms. The molecule has 0 bridgehead atoms. The van der Waals surface area contributed by atoms with Crippen LogP contribution in [0.5, 0.6) is 0 Å². The lowest BCUT2D eigenvalue weighted by atomic mass is 9.72. The Labute approximate surface area is 124 Å². The number of allylic oxidation sites excluding steroid dienone is 8. The van der Waals surface area contributed by atoms with Gasteiger partial charge in [-0.3, -0.25) is 0 Å². The van der Waals surface area contributed by atoms with Crippen molar-refractivity contribution in [3.8, 4) is 0 Å². The van der Waals surface area contributed by atoms with Crippen LogP contribution in [-0.2, 0) is 4.79 Å². The molecule has 1 unspecified atom stereocenters. The van der Waals surface area contributed by atoms with E-state index in [4.69, 9.17) is 0 Å². The fraction of sp³-hybridized carbons (Fsp3) is 0.526. The molecule has 0 radical (unpaired) electrons. The highest BCUT2D eigenvalue weighted by Gasteiger charge is 2.26. The third-order valence-corrected chi connectivity index (χ3v) is 4.04. The van der Waals surface area contributed by atoms with Crippen LogP contribution < -0.4 is 0 Å². The number of rotatable bonds is 5. The number of aldehydes is 1. The van der Waals surface area contributed by atoms with Crippen molar-refractivity contribution < 1.29 is 4.79 Å². The summed E-state index contributed by atoms with van der Waals surface area (Å²) < 4.78 is 0. The summed E-state index contributed by atoms with van der Waals surface area (Å²) in [5.74, 6) is -0.00902. The van der Waals surface area contributed by atoms with Gasteiger partial charge in [0.2, 0.25) is 0 Å². The largest absolute Gasteiger partial charge is 0.303 e. The van der Waals surface area contributed by atoms with Crippen molar-refractivity contribution in [1.29, 1.82) is 0 Å². The average molecular weight is 272 g/mol. The molecule has 0 fully saturated rings. The normalized spacial score (nSPS) is 21.8. The maximum Gasteiger partial charge on any atom is 0.126 e. The van der Waals surface area contributed by atoms with Crippen molar-refractivity contribution in [1.82, 2.24) is 0 Å². The Hall–Kier alpha value is -1.37. The molecule has 0 aromatic heterocycles. The minimum Gasteiger partial charge on any atom is -0.303 e. The van der Waals surface area contributed by atoms with Crippen LogP contribution in [-0.4, -0.2) is 6.29 Å². The number of carbonyl (C=O) groups excluding carboxylic acids is 1. The molecule has 0 heterocycles. The highest BCUT2D eigenvalue weighted by Crippen LogP contribution is 2.40. The average Bonchev–Trinajstić information content (AvgIpc) is 2.37. The number of carbonyl (C=O) groups is 1. The Bertz CT molecular complexity index is 458. The maximum absolute atomic E-state index is 10.5. The Morgan fingerprint density at radius 3 is 2.65 bits per heavy atom. The molecule has 1 heteroatoms. The summed E-state index contributed by atoms with van der Waals surface area (Å²) in [6, 6.07) is 0. The predicted molar refractivity (Wildman–Crippen MR) is 87.6 cm³/mol. The predicted octanol–water partition coefficient (Wildman–Crippen LogP) is 5.41. The van der Waals surface area contributed by atoms with Gasteiger partial charge < -0.3 is 4.79 Å². The van der Waals surface area contributed by atoms with E-state index in [-0.39, 0.29) is 5.92 Å². The first-order valence-electron chi connectivity index (χ1n) is 7.55. The van der Waals surface area contributed by atoms with Crippen molar-refractivity contribution in [3.05, 3.63) is 47.1 Å². The van der Waals surface area contributed by atoms with Gasteiger partial charge >= 0.3 is 0 Å². The van der Waals surface area contributed by atoms with Gasteiger partial charge in [-0.2, -0.15) is 0 Å². The molecule has 0 aliphatic heterocycles. The number of hydrogen-bond donors (Lipinski definition) is 0. The molecule has 0 aromatic carbocycles. The zero-order chi connectivity index (χ0) is 15.2. The molecule has 1 aliphatic carbocycles. The minimum absolute atomic E-state index is 0.00902. The molecule has 0 spiro atoms. The second-order valence-corrected chi connectivity index (χ2v) is 6.56. The second kappa shape index (κ2) is 7.42. The fourth-order valence-corrected chi connectivity index (χ4v) is 2.71. The highest BCUT2D eigenvalue weighted by molar-refractivity contribution is 5.55. The smallest absolute Gasteiger partial charge is 0.126 e. The summed E-state index contributed by atoms with van der Waals surface area (Å²) in [7, 11) is 0. The van der Waals surface area contributed by atoms with Crippen LogP contribution in [0.25, 0.3) is 0 Å². The molecule has 1 rings (SSSR count). The van der Waals surface area contributed by atoms with Crippen LogP contribution in [0.15, 0.2) is 47.1 Å². The van der Waals surface area contributed by atoms with E-state index in [1.54, 1.807) is 0 Å². The summed E-state index contributed by atoms with van der Waals surface area (Å²) in [5, 5.41) is 0. The van der Waals surface area contributed by atoms with Gasteiger partial charge in [-0.15, -0.1) is 0 Å². The molecular formula is C19H28O. The summed E-state index contributed by atoms with van der Waals surface area (Å²) >= 11 is 0. The molecule has 0 amide bonds. The van der Waals surface area contributed by atoms with Crippen LogP contribution in [0.1, 0.15) is 53.9 Å². The summed E-state index contributed by atoms with van der Waals surface area (Å²) in [6.45, 7) is 10.9. The van der Waals surface area contributed by atoms with Gasteiger partial charge in [-0.1, -0.05) is 62.3 Å². The topological polar surface area (TPSA) is 17.1 Å². The highest BCUT2D eigenvalue weighted by atomic mass is 16.1. The van der Waals surface area contributed by atoms with Crippen molar-refractivity contribution in [2.24, 2.45) is 11.3 Å². The molecule has 0 N–H and O–H groups in total. The van der Waals surface area contributed by atoms with Crippen molar-refractivity contribution >= 4 is 6.29 Å². The Balaban J connectivity index is 2.78. The van der Waals surface area contributed by atoms with E-state index in [0.717, 1.165) is 6.29 Å². The van der Waals surface area contributed by atoms with Crippen LogP contribution in [0, 0.1) is 11.3 Å². The second-order valence-electron chi connectivity index (χ2n) is 6.56. The van der Waals surface area contributed by atoms with Gasteiger partial charge in [0.15, 0.2) is 0 Å². The Morgan fingerprint density at radius 2 is 2.05 bits per heavy atom. The maximum atomic E-state index is 10.5. The Kier molecular flexibility index (Phi) is 6.19. The first-order chi connectivity index (χ1) is 9.36. The van der Waals surface area contributed by atoms with Gasteiger partial charge in [0, 0.05) is 5.92 Å². The van der Waals surface area contributed by atoms with Crippen LogP contribution in [0.2, 0.25) is 0 Å². The lowest BCUT2D eigenvalue weighted by Crippen LogP contribution is -2.19. The van der Waals surface area contributed by atoms with Crippen LogP contribution in [0.3, 0.4) is 0 Å². The monoisotopic (exact) mass is 272 g/mol. The molecule has 0 saturated carbocycles. The van der Waals surface area contributed by atoms with E-state index >= 15 is 0 Å². The molecule has 1 aliphatic rings. The fourth-order valence-electron chi connectivity index (χ4n) is 2.71. The molecular weight excluding hydrogens is 244 g/mol. The molecule has 110 valence electrons. The van der Waals surface area contributed by atoms with E-state index in [0.29, 0.717) is 5.41 Å². The van der Waals surface area contributed by atoms with E-state index in [1.165, 1.54) is 36.0 Å². The van der Waals surface area contributed by atoms with Crippen LogP contribution >= 0.6 is 0 Å². The van der Waals surface area contributed by atoms with Crippen molar-refractivity contribution in [2.45, 2.75) is 53.9 Å². The zero-order valence-corrected chi connectivity index (χ0v) is 13.6. The quantitative estimate of drug-likeness (QED) is 0.483. The Morgan fingerprint density at radius 1 is 1.35 bits per heavy atom. The first kappa shape index (κ1) is 16.7. The summed E-state index contributed by atoms with van der Waals surface area (Å²) in [5.41, 5.74) is 4.51. The van der Waals surface area contributed by atoms with Gasteiger partial charge in [0.1, 0.15) is 6.29 Å².